The van der Waals surface area contributed by atoms with Crippen LogP contribution in [0.4, 0.5) is 5.69 Å². The molecule has 4 rings (SSSR count). The molecule has 0 saturated carbocycles. The van der Waals surface area contributed by atoms with Crippen LogP contribution >= 0.6 is 12.4 Å². The predicted octanol–water partition coefficient (Wildman–Crippen LogP) is 3.07. The molecule has 1 heterocycles. The van der Waals surface area contributed by atoms with E-state index in [0.29, 0.717) is 58.6 Å². The number of hydrogen-bond donors (Lipinski definition) is 1. The highest BCUT2D eigenvalue weighted by Gasteiger charge is 2.33. The van der Waals surface area contributed by atoms with Crippen LogP contribution in [0.25, 0.3) is 22.0 Å². The lowest BCUT2D eigenvalue weighted by Crippen LogP contribution is -2.24. The zero-order valence-corrected chi connectivity index (χ0v) is 18.8. The van der Waals surface area contributed by atoms with Gasteiger partial charge in [-0.05, 0) is 37.2 Å². The van der Waals surface area contributed by atoms with E-state index in [4.69, 9.17) is 15.2 Å². The van der Waals surface area contributed by atoms with Crippen LogP contribution in [0, 0.1) is 0 Å². The number of nitrogens with zero attached hydrogens (tertiary/aromatic N) is 2. The number of halogens is 1. The molecule has 0 amide bonds. The summed E-state index contributed by atoms with van der Waals surface area (Å²) in [5.74, 6) is 0.830. The first-order chi connectivity index (χ1) is 14.4. The van der Waals surface area contributed by atoms with Crippen LogP contribution in [0.1, 0.15) is 22.3 Å². The van der Waals surface area contributed by atoms with Gasteiger partial charge in [0.1, 0.15) is 0 Å². The number of aromatic nitrogens is 1. The third kappa shape index (κ3) is 3.43. The number of ketones is 1. The SMILES string of the molecule is COc1cc2c3c(n(CCCN)c(=O)c2cc1OC)-c1ccc(N(C)C)cc1C3=O.Cl. The number of methoxy groups -OCH3 is 2. The average Bonchev–Trinajstić information content (AvgIpc) is 3.04. The van der Waals surface area contributed by atoms with Gasteiger partial charge in [0.05, 0.1) is 30.9 Å². The summed E-state index contributed by atoms with van der Waals surface area (Å²) in [7, 11) is 6.91. The molecule has 2 aromatic carbocycles. The van der Waals surface area contributed by atoms with E-state index in [1.54, 1.807) is 16.7 Å². The summed E-state index contributed by atoms with van der Waals surface area (Å²) in [6.45, 7) is 0.885. The summed E-state index contributed by atoms with van der Waals surface area (Å²) in [6.07, 6.45) is 0.629. The summed E-state index contributed by atoms with van der Waals surface area (Å²) in [5.41, 5.74) is 9.01. The summed E-state index contributed by atoms with van der Waals surface area (Å²) in [5, 5.41) is 1.00. The van der Waals surface area contributed by atoms with Crippen molar-refractivity contribution >= 4 is 34.7 Å². The summed E-state index contributed by atoms with van der Waals surface area (Å²) in [4.78, 5) is 28.9. The standard InChI is InChI=1S/C23H25N3O4.ClH/c1-25(2)13-6-7-14-16(10-13)22(27)20-15-11-18(29-3)19(30-4)12-17(15)23(28)26(21(14)20)9-5-8-24;/h6-7,10-12H,5,8-9,24H2,1-4H3;1H. The maximum atomic E-state index is 13.5. The van der Waals surface area contributed by atoms with Gasteiger partial charge in [-0.3, -0.25) is 9.59 Å². The molecule has 7 nitrogen and oxygen atoms in total. The van der Waals surface area contributed by atoms with E-state index in [-0.39, 0.29) is 23.7 Å². The van der Waals surface area contributed by atoms with Gasteiger partial charge in [0.2, 0.25) is 0 Å². The van der Waals surface area contributed by atoms with Gasteiger partial charge >= 0.3 is 0 Å². The Morgan fingerprint density at radius 2 is 1.61 bits per heavy atom. The number of carbonyl (C=O) groups excluding carboxylic acids is 1. The fraction of sp³-hybridized carbons (Fsp3) is 0.304. The molecule has 0 spiro atoms. The minimum atomic E-state index is -0.171. The molecular weight excluding hydrogens is 418 g/mol. The number of carbonyl (C=O) groups is 1. The molecule has 8 heteroatoms. The minimum absolute atomic E-state index is 0. The Morgan fingerprint density at radius 3 is 2.19 bits per heavy atom. The molecule has 0 atom stereocenters. The Kier molecular flexibility index (Phi) is 6.29. The number of pyridine rings is 1. The number of nitrogens with two attached hydrogens (primary N) is 1. The van der Waals surface area contributed by atoms with Crippen LogP contribution in [0.3, 0.4) is 0 Å². The lowest BCUT2D eigenvalue weighted by Gasteiger charge is -2.17. The largest absolute Gasteiger partial charge is 0.493 e. The zero-order chi connectivity index (χ0) is 21.6. The van der Waals surface area contributed by atoms with Gasteiger partial charge in [0.25, 0.3) is 5.56 Å². The van der Waals surface area contributed by atoms with Crippen LogP contribution < -0.4 is 25.7 Å². The minimum Gasteiger partial charge on any atom is -0.493 e. The third-order valence-electron chi connectivity index (χ3n) is 5.61. The summed E-state index contributed by atoms with van der Waals surface area (Å²) in [6, 6.07) is 9.12. The van der Waals surface area contributed by atoms with Gasteiger partial charge in [-0.15, -0.1) is 12.4 Å². The Balaban J connectivity index is 0.00000272. The Morgan fingerprint density at radius 1 is 0.968 bits per heavy atom. The van der Waals surface area contributed by atoms with Crippen molar-refractivity contribution in [3.05, 3.63) is 51.8 Å². The molecule has 0 fully saturated rings. The van der Waals surface area contributed by atoms with Crippen molar-refractivity contribution in [2.45, 2.75) is 13.0 Å². The van der Waals surface area contributed by atoms with E-state index in [0.717, 1.165) is 11.3 Å². The molecule has 0 unspecified atom stereocenters. The number of anilines is 1. The van der Waals surface area contributed by atoms with E-state index < -0.39 is 0 Å². The van der Waals surface area contributed by atoms with Gasteiger partial charge < -0.3 is 24.7 Å². The normalized spacial score (nSPS) is 11.7. The maximum absolute atomic E-state index is 13.5. The second-order valence-electron chi connectivity index (χ2n) is 7.53. The second-order valence-corrected chi connectivity index (χ2v) is 7.53. The van der Waals surface area contributed by atoms with Gasteiger partial charge in [0, 0.05) is 42.8 Å². The molecular formula is C23H26ClN3O4. The van der Waals surface area contributed by atoms with Crippen molar-refractivity contribution in [1.29, 1.82) is 0 Å². The van der Waals surface area contributed by atoms with Gasteiger partial charge in [-0.1, -0.05) is 6.07 Å². The molecule has 164 valence electrons. The quantitative estimate of drug-likeness (QED) is 0.493. The molecule has 0 bridgehead atoms. The first kappa shape index (κ1) is 22.7. The highest BCUT2D eigenvalue weighted by Crippen LogP contribution is 2.43. The summed E-state index contributed by atoms with van der Waals surface area (Å²) >= 11 is 0. The highest BCUT2D eigenvalue weighted by molar-refractivity contribution is 6.27. The number of benzene rings is 2. The van der Waals surface area contributed by atoms with Crippen LogP contribution in [0.5, 0.6) is 11.5 Å². The Labute approximate surface area is 186 Å². The fourth-order valence-electron chi connectivity index (χ4n) is 4.08. The fourth-order valence-corrected chi connectivity index (χ4v) is 4.08. The Bertz CT molecular complexity index is 1230. The second kappa shape index (κ2) is 8.61. The van der Waals surface area contributed by atoms with Crippen molar-refractivity contribution < 1.29 is 14.3 Å². The molecule has 1 aliphatic carbocycles. The smallest absolute Gasteiger partial charge is 0.259 e. The maximum Gasteiger partial charge on any atom is 0.259 e. The molecule has 1 aromatic heterocycles. The first-order valence-electron chi connectivity index (χ1n) is 9.82. The van der Waals surface area contributed by atoms with Crippen molar-refractivity contribution in [2.75, 3.05) is 39.8 Å². The van der Waals surface area contributed by atoms with E-state index in [1.165, 1.54) is 14.2 Å². The van der Waals surface area contributed by atoms with Crippen molar-refractivity contribution in [2.24, 2.45) is 5.73 Å². The molecule has 1 aliphatic rings. The van der Waals surface area contributed by atoms with Crippen molar-refractivity contribution in [3.63, 3.8) is 0 Å². The number of hydrogen-bond acceptors (Lipinski definition) is 6. The lowest BCUT2D eigenvalue weighted by atomic mass is 10.0. The number of rotatable bonds is 6. The van der Waals surface area contributed by atoms with Crippen LogP contribution in [-0.2, 0) is 6.54 Å². The monoisotopic (exact) mass is 443 g/mol. The van der Waals surface area contributed by atoms with Crippen LogP contribution in [0.2, 0.25) is 0 Å². The van der Waals surface area contributed by atoms with Crippen LogP contribution in [0.15, 0.2) is 35.1 Å². The number of fused-ring (bicyclic) bond motifs is 5. The molecule has 3 aromatic rings. The van der Waals surface area contributed by atoms with Crippen molar-refractivity contribution in [3.8, 4) is 22.8 Å². The third-order valence-corrected chi connectivity index (χ3v) is 5.61. The first-order valence-corrected chi connectivity index (χ1v) is 9.82. The molecule has 0 radical (unpaired) electrons. The predicted molar refractivity (Wildman–Crippen MR) is 125 cm³/mol. The van der Waals surface area contributed by atoms with Crippen molar-refractivity contribution in [1.82, 2.24) is 4.57 Å². The van der Waals surface area contributed by atoms with Gasteiger partial charge in [0.15, 0.2) is 17.3 Å². The van der Waals surface area contributed by atoms with E-state index in [2.05, 4.69) is 0 Å². The molecule has 0 saturated heterocycles. The molecule has 2 N–H and O–H groups in total. The topological polar surface area (TPSA) is 86.8 Å². The lowest BCUT2D eigenvalue weighted by molar-refractivity contribution is 0.104. The molecule has 0 aliphatic heterocycles. The van der Waals surface area contributed by atoms with E-state index >= 15 is 0 Å². The molecule has 31 heavy (non-hydrogen) atoms. The highest BCUT2D eigenvalue weighted by atomic mass is 35.5. The Hall–Kier alpha value is -3.03. The van der Waals surface area contributed by atoms with E-state index in [9.17, 15) is 9.59 Å². The zero-order valence-electron chi connectivity index (χ0n) is 18.0. The number of ether oxygens (including phenoxy) is 2. The average molecular weight is 444 g/mol. The summed E-state index contributed by atoms with van der Waals surface area (Å²) < 4.78 is 12.5. The van der Waals surface area contributed by atoms with Gasteiger partial charge in [-0.2, -0.15) is 0 Å². The van der Waals surface area contributed by atoms with E-state index in [1.807, 2.05) is 37.2 Å². The van der Waals surface area contributed by atoms with Gasteiger partial charge in [-0.25, -0.2) is 0 Å². The van der Waals surface area contributed by atoms with Crippen LogP contribution in [-0.4, -0.2) is 45.2 Å².